The highest BCUT2D eigenvalue weighted by Gasteiger charge is 2.11. The lowest BCUT2D eigenvalue weighted by Crippen LogP contribution is -2.08. The molecule has 6 nitrogen and oxygen atoms in total. The van der Waals surface area contributed by atoms with E-state index < -0.39 is 0 Å². The average Bonchev–Trinajstić information content (AvgIpc) is 3.27. The first-order chi connectivity index (χ1) is 15.1. The van der Waals surface area contributed by atoms with E-state index in [2.05, 4.69) is 56.3 Å². The van der Waals surface area contributed by atoms with Crippen molar-refractivity contribution in [3.05, 3.63) is 69.2 Å². The molecule has 156 valence electrons. The molecule has 0 unspecified atom stereocenters. The Morgan fingerprint density at radius 2 is 1.23 bits per heavy atom. The van der Waals surface area contributed by atoms with Gasteiger partial charge in [-0.2, -0.15) is 9.97 Å². The van der Waals surface area contributed by atoms with E-state index in [1.807, 2.05) is 20.8 Å². The van der Waals surface area contributed by atoms with Gasteiger partial charge in [0.2, 0.25) is 0 Å². The molecule has 0 fully saturated rings. The zero-order valence-electron chi connectivity index (χ0n) is 17.5. The first-order valence-electron chi connectivity index (χ1n) is 10.1. The predicted molar refractivity (Wildman–Crippen MR) is 125 cm³/mol. The van der Waals surface area contributed by atoms with Crippen LogP contribution in [0.15, 0.2) is 36.4 Å². The summed E-state index contributed by atoms with van der Waals surface area (Å²) in [6.07, 6.45) is 1.24. The van der Waals surface area contributed by atoms with Gasteiger partial charge in [-0.1, -0.05) is 12.1 Å². The topological polar surface area (TPSA) is 73.7 Å². The number of fused-ring (bicyclic) bond motifs is 2. The number of aryl methyl sites for hydroxylation is 2. The highest BCUT2D eigenvalue weighted by atomic mass is 32.1. The summed E-state index contributed by atoms with van der Waals surface area (Å²) < 4.78 is 8.00. The fourth-order valence-corrected chi connectivity index (χ4v) is 5.33. The van der Waals surface area contributed by atoms with Crippen molar-refractivity contribution in [2.24, 2.45) is 0 Å². The predicted octanol–water partition coefficient (Wildman–Crippen LogP) is 5.29. The van der Waals surface area contributed by atoms with Crippen molar-refractivity contribution < 1.29 is 4.74 Å². The standard InChI is InChI=1S/C23H21N5OS2/c1-4-29-23-27-21(11-15-5-7-17-19(9-15)30-13(2)24-17)26-22(28-23)12-16-6-8-18-20(10-16)31-14(3)25-18/h5-10H,4,11-12H2,1-3H3. The van der Waals surface area contributed by atoms with Gasteiger partial charge in [-0.25, -0.2) is 15.0 Å². The van der Waals surface area contributed by atoms with Crippen LogP contribution in [-0.4, -0.2) is 31.5 Å². The number of hydrogen-bond acceptors (Lipinski definition) is 8. The van der Waals surface area contributed by atoms with Gasteiger partial charge in [0.25, 0.3) is 0 Å². The van der Waals surface area contributed by atoms with Gasteiger partial charge >= 0.3 is 6.01 Å². The minimum Gasteiger partial charge on any atom is -0.464 e. The van der Waals surface area contributed by atoms with Crippen molar-refractivity contribution in [1.29, 1.82) is 0 Å². The van der Waals surface area contributed by atoms with E-state index in [1.54, 1.807) is 22.7 Å². The molecule has 0 spiro atoms. The van der Waals surface area contributed by atoms with Gasteiger partial charge in [-0.15, -0.1) is 22.7 Å². The number of aromatic nitrogens is 5. The zero-order valence-corrected chi connectivity index (χ0v) is 19.2. The Balaban J connectivity index is 1.45. The van der Waals surface area contributed by atoms with Gasteiger partial charge < -0.3 is 4.74 Å². The van der Waals surface area contributed by atoms with Gasteiger partial charge in [0, 0.05) is 12.8 Å². The summed E-state index contributed by atoms with van der Waals surface area (Å²) in [5.74, 6) is 1.42. The molecule has 0 N–H and O–H groups in total. The summed E-state index contributed by atoms with van der Waals surface area (Å²) in [5, 5.41) is 2.14. The normalized spacial score (nSPS) is 11.5. The van der Waals surface area contributed by atoms with Crippen LogP contribution in [0, 0.1) is 13.8 Å². The van der Waals surface area contributed by atoms with Crippen molar-refractivity contribution >= 4 is 43.1 Å². The summed E-state index contributed by atoms with van der Waals surface area (Å²) in [7, 11) is 0. The average molecular weight is 448 g/mol. The molecule has 0 saturated heterocycles. The minimum absolute atomic E-state index is 0.381. The second kappa shape index (κ2) is 8.28. The molecule has 0 radical (unpaired) electrons. The third-order valence-corrected chi connectivity index (χ3v) is 6.69. The van der Waals surface area contributed by atoms with Crippen LogP contribution in [0.4, 0.5) is 0 Å². The van der Waals surface area contributed by atoms with Crippen LogP contribution in [0.3, 0.4) is 0 Å². The van der Waals surface area contributed by atoms with E-state index >= 15 is 0 Å². The number of hydrogen-bond donors (Lipinski definition) is 0. The molecule has 0 aliphatic rings. The number of ether oxygens (including phenoxy) is 1. The van der Waals surface area contributed by atoms with Crippen LogP contribution in [0.5, 0.6) is 6.01 Å². The number of benzene rings is 2. The maximum Gasteiger partial charge on any atom is 0.319 e. The molecular formula is C23H21N5OS2. The second-order valence-electron chi connectivity index (χ2n) is 7.31. The Kier molecular flexibility index (Phi) is 5.33. The molecule has 0 aliphatic carbocycles. The van der Waals surface area contributed by atoms with E-state index in [0.29, 0.717) is 37.1 Å². The molecule has 5 aromatic rings. The third-order valence-electron chi connectivity index (χ3n) is 4.82. The Labute approximate surface area is 188 Å². The molecule has 0 bridgehead atoms. The maximum atomic E-state index is 5.63. The molecule has 3 heterocycles. The lowest BCUT2D eigenvalue weighted by Gasteiger charge is -2.08. The van der Waals surface area contributed by atoms with Crippen molar-refractivity contribution in [3.8, 4) is 6.01 Å². The molecule has 0 aliphatic heterocycles. The molecule has 31 heavy (non-hydrogen) atoms. The molecule has 2 aromatic carbocycles. The van der Waals surface area contributed by atoms with Crippen LogP contribution in [0.2, 0.25) is 0 Å². The number of nitrogens with zero attached hydrogens (tertiary/aromatic N) is 5. The van der Waals surface area contributed by atoms with E-state index in [1.165, 1.54) is 9.40 Å². The first-order valence-corrected chi connectivity index (χ1v) is 11.8. The van der Waals surface area contributed by atoms with E-state index in [-0.39, 0.29) is 0 Å². The molecule has 5 rings (SSSR count). The van der Waals surface area contributed by atoms with E-state index in [4.69, 9.17) is 9.72 Å². The molecule has 3 aromatic heterocycles. The maximum absolute atomic E-state index is 5.63. The SMILES string of the molecule is CCOc1nc(Cc2ccc3nc(C)sc3c2)nc(Cc2ccc3nc(C)sc3c2)n1. The Morgan fingerprint density at radius 1 is 0.710 bits per heavy atom. The summed E-state index contributed by atoms with van der Waals surface area (Å²) in [6.45, 7) is 6.51. The van der Waals surface area contributed by atoms with Crippen molar-refractivity contribution in [2.75, 3.05) is 6.61 Å². The van der Waals surface area contributed by atoms with Gasteiger partial charge in [-0.05, 0) is 56.2 Å². The van der Waals surface area contributed by atoms with Crippen LogP contribution < -0.4 is 4.74 Å². The van der Waals surface area contributed by atoms with Crippen LogP contribution in [0.25, 0.3) is 20.4 Å². The summed E-state index contributed by atoms with van der Waals surface area (Å²) >= 11 is 3.41. The quantitative estimate of drug-likeness (QED) is 0.352. The Morgan fingerprint density at radius 3 is 1.71 bits per heavy atom. The largest absolute Gasteiger partial charge is 0.464 e. The molecule has 8 heteroatoms. The summed E-state index contributed by atoms with van der Waals surface area (Å²) in [6, 6.07) is 13.0. The van der Waals surface area contributed by atoms with Crippen molar-refractivity contribution in [3.63, 3.8) is 0 Å². The first kappa shape index (κ1) is 20.0. The van der Waals surface area contributed by atoms with E-state index in [9.17, 15) is 0 Å². The van der Waals surface area contributed by atoms with Crippen LogP contribution >= 0.6 is 22.7 Å². The van der Waals surface area contributed by atoms with Crippen LogP contribution in [0.1, 0.15) is 39.7 Å². The minimum atomic E-state index is 0.381. The van der Waals surface area contributed by atoms with Crippen molar-refractivity contribution in [2.45, 2.75) is 33.6 Å². The monoisotopic (exact) mass is 447 g/mol. The third kappa shape index (κ3) is 4.40. The lowest BCUT2D eigenvalue weighted by atomic mass is 10.1. The molecule has 0 atom stereocenters. The van der Waals surface area contributed by atoms with Gasteiger partial charge in [0.15, 0.2) is 0 Å². The fraction of sp³-hybridized carbons (Fsp3) is 0.261. The van der Waals surface area contributed by atoms with Crippen LogP contribution in [-0.2, 0) is 12.8 Å². The van der Waals surface area contributed by atoms with Gasteiger partial charge in [0.1, 0.15) is 11.6 Å². The van der Waals surface area contributed by atoms with Gasteiger partial charge in [0.05, 0.1) is 37.1 Å². The molecule has 0 saturated carbocycles. The lowest BCUT2D eigenvalue weighted by molar-refractivity contribution is 0.308. The van der Waals surface area contributed by atoms with Gasteiger partial charge in [-0.3, -0.25) is 0 Å². The molecule has 0 amide bonds. The fourth-order valence-electron chi connectivity index (χ4n) is 3.55. The smallest absolute Gasteiger partial charge is 0.319 e. The summed E-state index contributed by atoms with van der Waals surface area (Å²) in [5.41, 5.74) is 4.37. The van der Waals surface area contributed by atoms with E-state index in [0.717, 1.165) is 32.2 Å². The highest BCUT2D eigenvalue weighted by molar-refractivity contribution is 7.18. The summed E-state index contributed by atoms with van der Waals surface area (Å²) in [4.78, 5) is 22.9. The second-order valence-corrected chi connectivity index (χ2v) is 9.78. The Hall–Kier alpha value is -2.97. The number of thiazole rings is 2. The Bertz CT molecular complexity index is 1290. The number of rotatable bonds is 6. The molecular weight excluding hydrogens is 426 g/mol. The zero-order chi connectivity index (χ0) is 21.4. The highest BCUT2D eigenvalue weighted by Crippen LogP contribution is 2.25. The van der Waals surface area contributed by atoms with Crippen molar-refractivity contribution in [1.82, 2.24) is 24.9 Å².